The molecule has 35 heavy (non-hydrogen) atoms. The Kier molecular flexibility index (Phi) is 12.7. The van der Waals surface area contributed by atoms with Gasteiger partial charge in [-0.05, 0) is 12.8 Å². The summed E-state index contributed by atoms with van der Waals surface area (Å²) < 4.78 is 18.2. The fourth-order valence-corrected chi connectivity index (χ4v) is 2.82. The third-order valence-electron chi connectivity index (χ3n) is 4.30. The van der Waals surface area contributed by atoms with Crippen molar-refractivity contribution in [2.45, 2.75) is 36.8 Å². The van der Waals surface area contributed by atoms with Crippen molar-refractivity contribution in [3.05, 3.63) is 11.8 Å². The number of rotatable bonds is 2. The van der Waals surface area contributed by atoms with Gasteiger partial charge in [0.15, 0.2) is 6.17 Å². The van der Waals surface area contributed by atoms with Gasteiger partial charge in [-0.2, -0.15) is 0 Å². The third-order valence-corrected chi connectivity index (χ3v) is 4.63. The molecule has 8 amide bonds. The van der Waals surface area contributed by atoms with Crippen LogP contribution in [0.1, 0.15) is 12.8 Å². The number of allylic oxidation sites excluding steroid dienone is 1. The number of alkyl halides is 2. The molecule has 3 fully saturated rings. The standard InChI is InChI=1S/C8H11FN2O3.C5H4ClNO2.C4H5N3O4.K/c9-5-4-11(6-2-1-3-14-6)8(13)10-7(5)12;6-3-2-7-5(9)1-4(3)8;8-2(9)1-5-3(10)7-4(11)6-1;/h5-6H,1-4H2,(H,10,12,13);1-3,8H;1H,(H,8,9)(H3,5,6,7,10,11);. The number of dihydropyridines is 1. The maximum absolute atomic E-state index is 13.0. The molecule has 3 unspecified atom stereocenters. The Balaban J connectivity index is 0.000000266. The van der Waals surface area contributed by atoms with Gasteiger partial charge >= 0.3 is 24.1 Å². The minimum atomic E-state index is -1.64. The monoisotopic (exact) mass is 545 g/mol. The number of hydrogen-bond acceptors (Lipinski definition) is 8. The van der Waals surface area contributed by atoms with E-state index in [1.165, 1.54) is 11.1 Å². The van der Waals surface area contributed by atoms with E-state index in [0.29, 0.717) is 13.0 Å². The van der Waals surface area contributed by atoms with E-state index in [1.807, 2.05) is 16.0 Å². The molecular weight excluding hydrogens is 526 g/mol. The van der Waals surface area contributed by atoms with Crippen molar-refractivity contribution < 1.29 is 48.1 Å². The fourth-order valence-electron chi connectivity index (χ4n) is 2.70. The zero-order valence-electron chi connectivity index (χ0n) is 18.2. The number of aliphatic hydroxyl groups excluding tert-OH is 1. The number of nitrogens with zero attached hydrogens (tertiary/aromatic N) is 2. The van der Waals surface area contributed by atoms with Crippen molar-refractivity contribution in [2.75, 3.05) is 13.2 Å². The summed E-state index contributed by atoms with van der Waals surface area (Å²) in [6.45, 7) is 0.384. The van der Waals surface area contributed by atoms with Crippen molar-refractivity contribution in [2.24, 2.45) is 4.99 Å². The van der Waals surface area contributed by atoms with E-state index < -0.39 is 53.6 Å². The zero-order chi connectivity index (χ0) is 25.4. The second-order valence-corrected chi connectivity index (χ2v) is 7.28. The molecule has 0 spiro atoms. The van der Waals surface area contributed by atoms with Crippen molar-refractivity contribution >= 4 is 105 Å². The molecule has 4 aliphatic rings. The Morgan fingerprint density at radius 1 is 1.17 bits per heavy atom. The van der Waals surface area contributed by atoms with Crippen LogP contribution in [0.3, 0.4) is 0 Å². The van der Waals surface area contributed by atoms with Gasteiger partial charge in [-0.1, -0.05) is 0 Å². The van der Waals surface area contributed by atoms with Crippen molar-refractivity contribution in [1.29, 1.82) is 0 Å². The molecule has 15 nitrogen and oxygen atoms in total. The predicted molar refractivity (Wildman–Crippen MR) is 115 cm³/mol. The number of amides is 8. The summed E-state index contributed by atoms with van der Waals surface area (Å²) in [5, 5.41) is 24.1. The summed E-state index contributed by atoms with van der Waals surface area (Å²) >= 11 is 5.41. The van der Waals surface area contributed by atoms with Crippen LogP contribution in [-0.4, -0.2) is 146 Å². The van der Waals surface area contributed by atoms with Crippen LogP contribution in [0.5, 0.6) is 0 Å². The molecule has 0 aromatic carbocycles. The molecular formula is C17H20ClFKN6O9. The fraction of sp³-hybridized carbons (Fsp3) is 0.471. The second kappa shape index (κ2) is 14.4. The first-order chi connectivity index (χ1) is 16.0. The topological polar surface area (TPSA) is 216 Å². The number of urea groups is 3. The molecule has 0 aromatic heterocycles. The van der Waals surface area contributed by atoms with Crippen LogP contribution in [0.4, 0.5) is 18.8 Å². The first-order valence-corrected chi connectivity index (χ1v) is 10.0. The average Bonchev–Trinajstić information content (AvgIpc) is 3.28. The Morgan fingerprint density at radius 2 is 1.80 bits per heavy atom. The molecule has 3 saturated heterocycles. The minimum absolute atomic E-state index is 0. The van der Waals surface area contributed by atoms with E-state index in [2.05, 4.69) is 4.99 Å². The Labute approximate surface area is 244 Å². The number of hydrogen-bond donors (Lipinski definition) is 6. The maximum atomic E-state index is 13.0. The van der Waals surface area contributed by atoms with Crippen molar-refractivity contribution in [3.8, 4) is 0 Å². The van der Waals surface area contributed by atoms with Gasteiger partial charge in [-0.15, -0.1) is 11.6 Å². The Morgan fingerprint density at radius 3 is 2.29 bits per heavy atom. The number of aliphatic carboxylic acids is 1. The Hall–Kier alpha value is -2.15. The number of carboxylic acid groups (broad SMARTS) is 1. The Bertz CT molecular complexity index is 914. The number of carbonyl (C=O) groups is 6. The smallest absolute Gasteiger partial charge is 0.347 e. The second-order valence-electron chi connectivity index (χ2n) is 6.81. The molecule has 4 rings (SSSR count). The van der Waals surface area contributed by atoms with E-state index in [1.54, 1.807) is 5.32 Å². The predicted octanol–water partition coefficient (Wildman–Crippen LogP) is -1.30. The molecule has 0 aromatic rings. The first kappa shape index (κ1) is 30.9. The molecule has 0 saturated carbocycles. The summed E-state index contributed by atoms with van der Waals surface area (Å²) in [7, 11) is 0. The van der Waals surface area contributed by atoms with Gasteiger partial charge in [0.25, 0.3) is 11.8 Å². The van der Waals surface area contributed by atoms with E-state index in [0.717, 1.165) is 12.5 Å². The largest absolute Gasteiger partial charge is 0.510 e. The molecule has 187 valence electrons. The van der Waals surface area contributed by atoms with Gasteiger partial charge in [0, 0.05) is 70.3 Å². The third kappa shape index (κ3) is 9.78. The number of aliphatic imine (C=N–C) groups is 1. The van der Waals surface area contributed by atoms with Gasteiger partial charge in [-0.3, -0.25) is 25.1 Å². The number of aliphatic hydroxyl groups is 1. The quantitative estimate of drug-likeness (QED) is 0.179. The summed E-state index contributed by atoms with van der Waals surface area (Å²) in [5.74, 6) is -2.78. The molecule has 0 aliphatic carbocycles. The van der Waals surface area contributed by atoms with E-state index in [-0.39, 0.29) is 69.9 Å². The molecule has 4 heterocycles. The zero-order valence-corrected chi connectivity index (χ0v) is 22.1. The van der Waals surface area contributed by atoms with Crippen LogP contribution in [0.2, 0.25) is 0 Å². The minimum Gasteiger partial charge on any atom is -0.510 e. The van der Waals surface area contributed by atoms with E-state index in [4.69, 9.17) is 26.6 Å². The van der Waals surface area contributed by atoms with Crippen molar-refractivity contribution in [3.63, 3.8) is 0 Å². The average molecular weight is 546 g/mol. The number of carbonyl (C=O) groups excluding carboxylic acids is 5. The van der Waals surface area contributed by atoms with Crippen LogP contribution >= 0.6 is 11.6 Å². The van der Waals surface area contributed by atoms with E-state index >= 15 is 0 Å². The molecule has 3 atom stereocenters. The van der Waals surface area contributed by atoms with Gasteiger partial charge in [-0.25, -0.2) is 28.6 Å². The first-order valence-electron chi connectivity index (χ1n) is 9.58. The normalized spacial score (nSPS) is 25.8. The molecule has 6 N–H and O–H groups in total. The molecule has 18 heteroatoms. The molecule has 4 aliphatic heterocycles. The number of nitrogens with one attached hydrogen (secondary N) is 4. The SMILES string of the molecule is O=C1C=C(O)C(Cl)C=N1.O=C1NC(=O)N(C2CCCO2)CC1F.O=C1NC(=O)NC(C(=O)O)N1.[K]. The summed E-state index contributed by atoms with van der Waals surface area (Å²) in [4.78, 5) is 68.0. The van der Waals surface area contributed by atoms with Gasteiger partial charge in [0.2, 0.25) is 6.17 Å². The molecule has 1 radical (unpaired) electrons. The van der Waals surface area contributed by atoms with Crippen LogP contribution < -0.4 is 21.3 Å². The number of ether oxygens (including phenoxy) is 1. The molecule has 0 bridgehead atoms. The van der Waals surface area contributed by atoms with Crippen LogP contribution in [0.15, 0.2) is 16.8 Å². The number of carboxylic acids is 1. The van der Waals surface area contributed by atoms with Crippen LogP contribution in [0.25, 0.3) is 0 Å². The summed E-state index contributed by atoms with van der Waals surface area (Å²) in [6, 6.07) is -2.20. The summed E-state index contributed by atoms with van der Waals surface area (Å²) in [6.07, 6.45) is 0.402. The number of imide groups is 2. The van der Waals surface area contributed by atoms with Crippen LogP contribution in [-0.2, 0) is 19.1 Å². The number of halogens is 2. The van der Waals surface area contributed by atoms with Gasteiger partial charge in [0.1, 0.15) is 17.4 Å². The van der Waals surface area contributed by atoms with Crippen molar-refractivity contribution in [1.82, 2.24) is 26.2 Å². The van der Waals surface area contributed by atoms with Gasteiger partial charge in [0.05, 0.1) is 6.54 Å². The van der Waals surface area contributed by atoms with E-state index in [9.17, 15) is 33.2 Å². The van der Waals surface area contributed by atoms with Crippen LogP contribution in [0, 0.1) is 0 Å². The summed E-state index contributed by atoms with van der Waals surface area (Å²) in [5.41, 5.74) is 0. The maximum Gasteiger partial charge on any atom is 0.347 e. The van der Waals surface area contributed by atoms with Gasteiger partial charge < -0.3 is 25.6 Å².